The summed E-state index contributed by atoms with van der Waals surface area (Å²) in [7, 11) is 0. The van der Waals surface area contributed by atoms with Gasteiger partial charge in [-0.05, 0) is 26.0 Å². The molecule has 1 atom stereocenters. The summed E-state index contributed by atoms with van der Waals surface area (Å²) in [6, 6.07) is 3.71. The summed E-state index contributed by atoms with van der Waals surface area (Å²) in [5.41, 5.74) is 6.04. The lowest BCUT2D eigenvalue weighted by Crippen LogP contribution is -2.40. The number of halogens is 1. The van der Waals surface area contributed by atoms with Crippen molar-refractivity contribution in [1.29, 1.82) is 0 Å². The first kappa shape index (κ1) is 13.9. The van der Waals surface area contributed by atoms with Crippen LogP contribution in [0, 0.1) is 0 Å². The van der Waals surface area contributed by atoms with Gasteiger partial charge in [0.05, 0.1) is 10.4 Å². The average molecular weight is 264 g/mol. The molecule has 2 N–H and O–H groups in total. The molecule has 16 heavy (non-hydrogen) atoms. The van der Waals surface area contributed by atoms with Gasteiger partial charge in [0, 0.05) is 24.5 Å². The molecule has 0 aromatic carbocycles. The second-order valence-corrected chi connectivity index (χ2v) is 5.15. The van der Waals surface area contributed by atoms with Gasteiger partial charge in [0.15, 0.2) is 6.29 Å². The zero-order chi connectivity index (χ0) is 12.0. The molecule has 1 rings (SSSR count). The molecule has 0 bridgehead atoms. The van der Waals surface area contributed by atoms with Gasteiger partial charge in [-0.25, -0.2) is 0 Å². The molecule has 0 aliphatic heterocycles. The Labute approximate surface area is 105 Å². The Balaban J connectivity index is 2.50. The van der Waals surface area contributed by atoms with Crippen LogP contribution < -0.4 is 5.73 Å². The van der Waals surface area contributed by atoms with Crippen LogP contribution in [-0.4, -0.2) is 25.5 Å². The van der Waals surface area contributed by atoms with Crippen molar-refractivity contribution < 1.29 is 9.47 Å². The molecule has 0 aliphatic carbocycles. The van der Waals surface area contributed by atoms with E-state index in [1.54, 1.807) is 11.3 Å². The van der Waals surface area contributed by atoms with Crippen LogP contribution in [0.3, 0.4) is 0 Å². The maximum Gasteiger partial charge on any atom is 0.172 e. The molecular formula is C11H18ClNO2S. The van der Waals surface area contributed by atoms with Gasteiger partial charge in [0.1, 0.15) is 0 Å². The SMILES string of the molecule is CCOC(OCC)C(N)Cc1ccc(Cl)s1. The minimum absolute atomic E-state index is 0.158. The van der Waals surface area contributed by atoms with E-state index in [1.165, 1.54) is 0 Å². The van der Waals surface area contributed by atoms with Gasteiger partial charge >= 0.3 is 0 Å². The number of hydrogen-bond donors (Lipinski definition) is 1. The van der Waals surface area contributed by atoms with Crippen molar-refractivity contribution in [2.45, 2.75) is 32.6 Å². The van der Waals surface area contributed by atoms with Crippen LogP contribution in [0.25, 0.3) is 0 Å². The van der Waals surface area contributed by atoms with E-state index in [-0.39, 0.29) is 12.3 Å². The number of ether oxygens (including phenoxy) is 2. The molecule has 0 saturated heterocycles. The Morgan fingerprint density at radius 2 is 1.94 bits per heavy atom. The van der Waals surface area contributed by atoms with Gasteiger partial charge in [0.2, 0.25) is 0 Å². The Kier molecular flexibility index (Phi) is 6.31. The van der Waals surface area contributed by atoms with Crippen molar-refractivity contribution in [1.82, 2.24) is 0 Å². The van der Waals surface area contributed by atoms with Gasteiger partial charge in [-0.2, -0.15) is 0 Å². The lowest BCUT2D eigenvalue weighted by molar-refractivity contribution is -0.147. The fraction of sp³-hybridized carbons (Fsp3) is 0.636. The zero-order valence-corrected chi connectivity index (χ0v) is 11.2. The van der Waals surface area contributed by atoms with E-state index in [2.05, 4.69) is 0 Å². The van der Waals surface area contributed by atoms with Crippen molar-refractivity contribution in [3.05, 3.63) is 21.3 Å². The van der Waals surface area contributed by atoms with E-state index in [0.717, 1.165) is 15.6 Å². The highest BCUT2D eigenvalue weighted by molar-refractivity contribution is 7.16. The van der Waals surface area contributed by atoms with Gasteiger partial charge < -0.3 is 15.2 Å². The van der Waals surface area contributed by atoms with Crippen LogP contribution in [0.4, 0.5) is 0 Å². The van der Waals surface area contributed by atoms with Gasteiger partial charge in [-0.15, -0.1) is 11.3 Å². The van der Waals surface area contributed by atoms with Crippen LogP contribution in [0.2, 0.25) is 4.34 Å². The van der Waals surface area contributed by atoms with E-state index >= 15 is 0 Å². The Bertz CT molecular complexity index is 300. The lowest BCUT2D eigenvalue weighted by atomic mass is 10.2. The molecule has 0 spiro atoms. The van der Waals surface area contributed by atoms with Crippen molar-refractivity contribution in [3.63, 3.8) is 0 Å². The highest BCUT2D eigenvalue weighted by Gasteiger charge is 2.19. The first-order chi connectivity index (χ1) is 7.67. The van der Waals surface area contributed by atoms with E-state index in [1.807, 2.05) is 26.0 Å². The number of nitrogens with two attached hydrogens (primary N) is 1. The monoisotopic (exact) mass is 263 g/mol. The smallest absolute Gasteiger partial charge is 0.172 e. The summed E-state index contributed by atoms with van der Waals surface area (Å²) in [6.07, 6.45) is 0.387. The molecule has 0 amide bonds. The standard InChI is InChI=1S/C11H18ClNO2S/c1-3-14-11(15-4-2)9(13)7-8-5-6-10(12)16-8/h5-6,9,11H,3-4,7,13H2,1-2H3. The summed E-state index contributed by atoms with van der Waals surface area (Å²) >= 11 is 7.40. The molecular weight excluding hydrogens is 246 g/mol. The lowest BCUT2D eigenvalue weighted by Gasteiger charge is -2.22. The van der Waals surface area contributed by atoms with Crippen molar-refractivity contribution in [2.75, 3.05) is 13.2 Å². The van der Waals surface area contributed by atoms with Crippen LogP contribution in [0.5, 0.6) is 0 Å². The highest BCUT2D eigenvalue weighted by atomic mass is 35.5. The maximum atomic E-state index is 6.04. The predicted octanol–water partition coefficient (Wildman–Crippen LogP) is 2.67. The third-order valence-corrected chi connectivity index (χ3v) is 3.33. The fourth-order valence-corrected chi connectivity index (χ4v) is 2.57. The zero-order valence-electron chi connectivity index (χ0n) is 9.61. The number of rotatable bonds is 7. The fourth-order valence-electron chi connectivity index (χ4n) is 1.41. The molecule has 1 aromatic heterocycles. The van der Waals surface area contributed by atoms with E-state index in [9.17, 15) is 0 Å². The minimum atomic E-state index is -0.337. The molecule has 0 saturated carbocycles. The van der Waals surface area contributed by atoms with Crippen LogP contribution in [0.15, 0.2) is 12.1 Å². The molecule has 1 aromatic rings. The van der Waals surface area contributed by atoms with E-state index in [0.29, 0.717) is 13.2 Å². The third-order valence-electron chi connectivity index (χ3n) is 2.08. The predicted molar refractivity (Wildman–Crippen MR) is 68.0 cm³/mol. The largest absolute Gasteiger partial charge is 0.351 e. The summed E-state index contributed by atoms with van der Waals surface area (Å²) in [6.45, 7) is 5.06. The van der Waals surface area contributed by atoms with Crippen LogP contribution in [0.1, 0.15) is 18.7 Å². The Morgan fingerprint density at radius 1 is 1.31 bits per heavy atom. The van der Waals surface area contributed by atoms with Gasteiger partial charge in [0.25, 0.3) is 0 Å². The first-order valence-electron chi connectivity index (χ1n) is 5.40. The van der Waals surface area contributed by atoms with Crippen molar-refractivity contribution >= 4 is 22.9 Å². The van der Waals surface area contributed by atoms with E-state index in [4.69, 9.17) is 26.8 Å². The topological polar surface area (TPSA) is 44.5 Å². The molecule has 0 aliphatic rings. The summed E-state index contributed by atoms with van der Waals surface area (Å²) in [4.78, 5) is 1.15. The summed E-state index contributed by atoms with van der Waals surface area (Å²) < 4.78 is 11.7. The summed E-state index contributed by atoms with van der Waals surface area (Å²) in [5, 5.41) is 0. The van der Waals surface area contributed by atoms with Crippen molar-refractivity contribution in [3.8, 4) is 0 Å². The first-order valence-corrected chi connectivity index (χ1v) is 6.59. The average Bonchev–Trinajstić information content (AvgIpc) is 2.63. The molecule has 1 unspecified atom stereocenters. The highest BCUT2D eigenvalue weighted by Crippen LogP contribution is 2.23. The number of hydrogen-bond acceptors (Lipinski definition) is 4. The van der Waals surface area contributed by atoms with Crippen LogP contribution in [-0.2, 0) is 15.9 Å². The second kappa shape index (κ2) is 7.25. The molecule has 3 nitrogen and oxygen atoms in total. The molecule has 92 valence electrons. The number of thiophene rings is 1. The second-order valence-electron chi connectivity index (χ2n) is 3.35. The van der Waals surface area contributed by atoms with Crippen molar-refractivity contribution in [2.24, 2.45) is 5.73 Å². The molecule has 0 radical (unpaired) electrons. The third kappa shape index (κ3) is 4.39. The van der Waals surface area contributed by atoms with Crippen LogP contribution >= 0.6 is 22.9 Å². The Hall–Kier alpha value is -0.130. The normalized spacial score (nSPS) is 13.3. The van der Waals surface area contributed by atoms with Gasteiger partial charge in [-0.1, -0.05) is 11.6 Å². The Morgan fingerprint density at radius 3 is 2.38 bits per heavy atom. The maximum absolute atomic E-state index is 6.04. The minimum Gasteiger partial charge on any atom is -0.351 e. The quantitative estimate of drug-likeness (QED) is 0.770. The molecule has 1 heterocycles. The molecule has 0 fully saturated rings. The summed E-state index contributed by atoms with van der Waals surface area (Å²) in [5.74, 6) is 0. The van der Waals surface area contributed by atoms with E-state index < -0.39 is 0 Å². The van der Waals surface area contributed by atoms with Gasteiger partial charge in [-0.3, -0.25) is 0 Å². The molecule has 5 heteroatoms.